The van der Waals surface area contributed by atoms with E-state index in [-0.39, 0.29) is 19.1 Å². The van der Waals surface area contributed by atoms with E-state index in [1.807, 2.05) is 60.7 Å². The summed E-state index contributed by atoms with van der Waals surface area (Å²) in [6.45, 7) is 7.63. The van der Waals surface area contributed by atoms with Gasteiger partial charge < -0.3 is 29.3 Å². The van der Waals surface area contributed by atoms with Crippen molar-refractivity contribution < 1.29 is 29.0 Å². The Morgan fingerprint density at radius 1 is 0.952 bits per heavy atom. The van der Waals surface area contributed by atoms with Gasteiger partial charge in [-0.3, -0.25) is 14.4 Å². The lowest BCUT2D eigenvalue weighted by Crippen LogP contribution is -2.57. The highest BCUT2D eigenvalue weighted by molar-refractivity contribution is 6.06. The van der Waals surface area contributed by atoms with Crippen molar-refractivity contribution in [3.63, 3.8) is 0 Å². The third-order valence-electron chi connectivity index (χ3n) is 9.23. The van der Waals surface area contributed by atoms with E-state index in [0.29, 0.717) is 11.3 Å². The molecule has 1 spiro atoms. The summed E-state index contributed by atoms with van der Waals surface area (Å²) in [6, 6.07) is 15.0. The molecule has 0 aliphatic carbocycles. The number of aliphatic hydroxyl groups excluding tert-OH is 1. The lowest BCUT2D eigenvalue weighted by atomic mass is 9.75. The molecule has 2 aromatic carbocycles. The van der Waals surface area contributed by atoms with Crippen LogP contribution in [0.25, 0.3) is 0 Å². The first-order valence-electron chi connectivity index (χ1n) is 14.7. The van der Waals surface area contributed by atoms with E-state index in [0.717, 1.165) is 18.8 Å². The van der Waals surface area contributed by atoms with E-state index in [2.05, 4.69) is 18.7 Å². The second-order valence-electron chi connectivity index (χ2n) is 11.4. The van der Waals surface area contributed by atoms with Gasteiger partial charge in [0.15, 0.2) is 0 Å². The fourth-order valence-electron chi connectivity index (χ4n) is 7.32. The van der Waals surface area contributed by atoms with Gasteiger partial charge in [-0.15, -0.1) is 0 Å². The Morgan fingerprint density at radius 2 is 1.67 bits per heavy atom. The largest absolute Gasteiger partial charge is 0.461 e. The van der Waals surface area contributed by atoms with E-state index in [4.69, 9.17) is 9.47 Å². The summed E-state index contributed by atoms with van der Waals surface area (Å²) in [5.41, 5.74) is -0.160. The summed E-state index contributed by atoms with van der Waals surface area (Å²) in [5.74, 6) is -3.25. The van der Waals surface area contributed by atoms with Crippen LogP contribution in [-0.2, 0) is 23.9 Å². The highest BCUT2D eigenvalue weighted by Gasteiger charge is 2.75. The minimum Gasteiger partial charge on any atom is -0.461 e. The van der Waals surface area contributed by atoms with Crippen molar-refractivity contribution in [1.29, 1.82) is 0 Å². The van der Waals surface area contributed by atoms with Gasteiger partial charge in [0, 0.05) is 31.0 Å². The molecule has 42 heavy (non-hydrogen) atoms. The maximum Gasteiger partial charge on any atom is 0.313 e. The molecular weight excluding hydrogens is 534 g/mol. The molecule has 0 aromatic heterocycles. The van der Waals surface area contributed by atoms with Crippen molar-refractivity contribution in [3.05, 3.63) is 84.5 Å². The van der Waals surface area contributed by atoms with Gasteiger partial charge >= 0.3 is 5.97 Å². The molecule has 4 heterocycles. The Bertz CT molecular complexity index is 1420. The fourth-order valence-corrected chi connectivity index (χ4v) is 7.32. The zero-order chi connectivity index (χ0) is 29.6. The maximum atomic E-state index is 14.7. The number of esters is 1. The molecule has 9 heteroatoms. The summed E-state index contributed by atoms with van der Waals surface area (Å²) in [7, 11) is 0. The van der Waals surface area contributed by atoms with Gasteiger partial charge in [0.1, 0.15) is 24.2 Å². The number of amides is 2. The number of benzene rings is 2. The monoisotopic (exact) mass is 571 g/mol. The topological polar surface area (TPSA) is 99.6 Å². The van der Waals surface area contributed by atoms with E-state index in [1.165, 1.54) is 4.90 Å². The van der Waals surface area contributed by atoms with E-state index < -0.39 is 53.6 Å². The summed E-state index contributed by atoms with van der Waals surface area (Å²) < 4.78 is 12.3. The molecule has 6 rings (SSSR count). The Hall–Kier alpha value is -3.95. The zero-order valence-corrected chi connectivity index (χ0v) is 24.2. The minimum absolute atomic E-state index is 0.0879. The number of likely N-dealkylation sites (tertiary alicyclic amines) is 1. The van der Waals surface area contributed by atoms with E-state index in [9.17, 15) is 19.5 Å². The van der Waals surface area contributed by atoms with Gasteiger partial charge in [-0.2, -0.15) is 0 Å². The lowest BCUT2D eigenvalue weighted by Gasteiger charge is -2.40. The fraction of sp³-hybridized carbons (Fsp3) is 0.424. The quantitative estimate of drug-likeness (QED) is 0.402. The second kappa shape index (κ2) is 10.7. The molecule has 0 bridgehead atoms. The lowest BCUT2D eigenvalue weighted by molar-refractivity contribution is -0.157. The number of nitrogens with zero attached hydrogens (tertiary/aromatic N) is 3. The SMILES string of the molecule is CCN(CC)c1ccc(N2CC=C[C@]34O[C@@]5(C)C=CCOC(=O)[C@H]5[C@H]3C(=O)N([C@H](CO)c3ccccc3)C4C2=O)cc1. The summed E-state index contributed by atoms with van der Waals surface area (Å²) >= 11 is 0. The van der Waals surface area contributed by atoms with Crippen LogP contribution in [-0.4, -0.2) is 77.9 Å². The summed E-state index contributed by atoms with van der Waals surface area (Å²) in [6.07, 6.45) is 7.14. The number of carbonyl (C=O) groups is 3. The van der Waals surface area contributed by atoms with Crippen LogP contribution in [0.3, 0.4) is 0 Å². The first kappa shape index (κ1) is 28.2. The van der Waals surface area contributed by atoms with Crippen LogP contribution in [0.15, 0.2) is 78.9 Å². The van der Waals surface area contributed by atoms with Crippen LogP contribution in [0, 0.1) is 11.8 Å². The second-order valence-corrected chi connectivity index (χ2v) is 11.4. The number of anilines is 2. The number of carbonyl (C=O) groups excluding carboxylic acids is 3. The highest BCUT2D eigenvalue weighted by Crippen LogP contribution is 2.58. The average molecular weight is 572 g/mol. The number of rotatable bonds is 7. The Morgan fingerprint density at radius 3 is 2.33 bits per heavy atom. The van der Waals surface area contributed by atoms with Gasteiger partial charge in [-0.1, -0.05) is 48.6 Å². The van der Waals surface area contributed by atoms with Gasteiger partial charge in [0.05, 0.1) is 24.2 Å². The molecule has 0 radical (unpaired) electrons. The molecule has 9 nitrogen and oxygen atoms in total. The van der Waals surface area contributed by atoms with E-state index in [1.54, 1.807) is 30.1 Å². The van der Waals surface area contributed by atoms with Gasteiger partial charge in [0.2, 0.25) is 5.91 Å². The third-order valence-corrected chi connectivity index (χ3v) is 9.23. The molecule has 2 saturated heterocycles. The van der Waals surface area contributed by atoms with Crippen LogP contribution in [0.5, 0.6) is 0 Å². The molecule has 2 aromatic rings. The predicted molar refractivity (Wildman–Crippen MR) is 158 cm³/mol. The van der Waals surface area contributed by atoms with Crippen molar-refractivity contribution in [2.24, 2.45) is 11.8 Å². The van der Waals surface area contributed by atoms with Gasteiger partial charge in [-0.05, 0) is 56.7 Å². The van der Waals surface area contributed by atoms with Gasteiger partial charge in [0.25, 0.3) is 5.91 Å². The Labute approximate surface area is 246 Å². The average Bonchev–Trinajstić information content (AvgIpc) is 3.25. The van der Waals surface area contributed by atoms with Crippen LogP contribution in [0.4, 0.5) is 11.4 Å². The first-order chi connectivity index (χ1) is 20.3. The minimum atomic E-state index is -1.44. The number of hydrogen-bond donors (Lipinski definition) is 1. The van der Waals surface area contributed by atoms with Crippen LogP contribution in [0.2, 0.25) is 0 Å². The molecule has 0 saturated carbocycles. The number of aliphatic hydroxyl groups is 1. The summed E-state index contributed by atoms with van der Waals surface area (Å²) in [4.78, 5) is 48.0. The first-order valence-corrected chi connectivity index (χ1v) is 14.7. The zero-order valence-electron chi connectivity index (χ0n) is 24.2. The molecule has 4 aliphatic rings. The van der Waals surface area contributed by atoms with Crippen molar-refractivity contribution in [3.8, 4) is 0 Å². The maximum absolute atomic E-state index is 14.7. The van der Waals surface area contributed by atoms with Crippen molar-refractivity contribution in [2.45, 2.75) is 44.1 Å². The molecule has 2 amide bonds. The standard InChI is InChI=1S/C33H37N3O6/c1-4-34(5-2)23-13-15-24(16-14-23)35-19-9-18-33-26(27-31(40)41-20-10-17-32(27,3)42-33)29(38)36(28(33)30(35)39)25(21-37)22-11-7-6-8-12-22/h6-18,25-28,37H,4-5,19-21H2,1-3H3/t25-,26+,27-,28?,32+,33+/m1/s1. The Balaban J connectivity index is 1.48. The number of cyclic esters (lactones) is 1. The van der Waals surface area contributed by atoms with Crippen LogP contribution in [0.1, 0.15) is 32.4 Å². The molecule has 4 aliphatic heterocycles. The molecule has 220 valence electrons. The number of fused-ring (bicyclic) bond motifs is 2. The molecular formula is C33H37N3O6. The van der Waals surface area contributed by atoms with Gasteiger partial charge in [-0.25, -0.2) is 0 Å². The molecule has 6 atom stereocenters. The summed E-state index contributed by atoms with van der Waals surface area (Å²) in [5, 5.41) is 10.7. The highest BCUT2D eigenvalue weighted by atomic mass is 16.6. The third kappa shape index (κ3) is 4.17. The number of hydrogen-bond acceptors (Lipinski definition) is 7. The predicted octanol–water partition coefficient (Wildman–Crippen LogP) is 3.25. The van der Waals surface area contributed by atoms with Crippen LogP contribution >= 0.6 is 0 Å². The molecule has 1 N–H and O–H groups in total. The van der Waals surface area contributed by atoms with Crippen molar-refractivity contribution in [2.75, 3.05) is 42.6 Å². The van der Waals surface area contributed by atoms with Crippen LogP contribution < -0.4 is 9.80 Å². The molecule has 1 unspecified atom stereocenters. The normalized spacial score (nSPS) is 30.8. The van der Waals surface area contributed by atoms with Crippen molar-refractivity contribution in [1.82, 2.24) is 4.90 Å². The smallest absolute Gasteiger partial charge is 0.313 e. The number of ether oxygens (including phenoxy) is 2. The Kier molecular flexibility index (Phi) is 7.19. The van der Waals surface area contributed by atoms with Crippen molar-refractivity contribution >= 4 is 29.2 Å². The van der Waals surface area contributed by atoms with E-state index >= 15 is 0 Å². The molecule has 2 fully saturated rings.